The molecule has 3 rings (SSSR count). The minimum Gasteiger partial charge on any atom is -0.339 e. The number of nitrogens with zero attached hydrogens (tertiary/aromatic N) is 4. The fourth-order valence-electron chi connectivity index (χ4n) is 3.67. The van der Waals surface area contributed by atoms with Gasteiger partial charge < -0.3 is 10.2 Å². The summed E-state index contributed by atoms with van der Waals surface area (Å²) in [7, 11) is 0. The van der Waals surface area contributed by atoms with E-state index in [-0.39, 0.29) is 17.7 Å². The average Bonchev–Trinajstić information content (AvgIpc) is 3.03. The summed E-state index contributed by atoms with van der Waals surface area (Å²) in [4.78, 5) is 31.1. The second-order valence-corrected chi connectivity index (χ2v) is 8.37. The number of aryl methyl sites for hydroxylation is 3. The lowest BCUT2D eigenvalue weighted by molar-refractivity contribution is -0.130. The van der Waals surface area contributed by atoms with E-state index < -0.39 is 0 Å². The minimum atomic E-state index is -0.121. The molecule has 2 amide bonds. The third-order valence-electron chi connectivity index (χ3n) is 5.57. The van der Waals surface area contributed by atoms with Gasteiger partial charge in [0.15, 0.2) is 0 Å². The number of pyridine rings is 1. The molecule has 1 aliphatic heterocycles. The van der Waals surface area contributed by atoms with Crippen LogP contribution in [-0.4, -0.2) is 44.6 Å². The second-order valence-electron chi connectivity index (χ2n) is 8.01. The first-order chi connectivity index (χ1) is 14.9. The maximum Gasteiger partial charge on any atom is 0.246 e. The molecule has 1 N–H and O–H groups in total. The minimum absolute atomic E-state index is 0.0392. The number of amides is 2. The van der Waals surface area contributed by atoms with Crippen LogP contribution < -0.4 is 5.32 Å². The molecule has 1 aliphatic rings. The number of unbranched alkanes of at least 4 members (excludes halogenated alkanes) is 1. The van der Waals surface area contributed by atoms with Crippen molar-refractivity contribution >= 4 is 35.3 Å². The van der Waals surface area contributed by atoms with E-state index in [1.54, 1.807) is 27.9 Å². The van der Waals surface area contributed by atoms with Gasteiger partial charge in [-0.15, -0.1) is 0 Å². The van der Waals surface area contributed by atoms with Crippen molar-refractivity contribution in [1.29, 1.82) is 0 Å². The third-order valence-corrected chi connectivity index (χ3v) is 5.97. The van der Waals surface area contributed by atoms with Gasteiger partial charge in [-0.05, 0) is 56.9 Å². The van der Waals surface area contributed by atoms with E-state index in [0.717, 1.165) is 36.2 Å². The van der Waals surface area contributed by atoms with Crippen LogP contribution in [-0.2, 0) is 16.1 Å². The maximum absolute atomic E-state index is 12.6. The summed E-state index contributed by atoms with van der Waals surface area (Å²) in [5, 5.41) is 7.91. The van der Waals surface area contributed by atoms with Crippen LogP contribution in [0.1, 0.15) is 49.4 Å². The zero-order valence-electron chi connectivity index (χ0n) is 18.4. The Morgan fingerprint density at radius 3 is 2.71 bits per heavy atom. The zero-order chi connectivity index (χ0) is 22.4. The summed E-state index contributed by atoms with van der Waals surface area (Å²) < 4.78 is 1.79. The predicted octanol–water partition coefficient (Wildman–Crippen LogP) is 4.24. The van der Waals surface area contributed by atoms with Crippen molar-refractivity contribution in [3.05, 3.63) is 46.4 Å². The summed E-state index contributed by atoms with van der Waals surface area (Å²) >= 11 is 6.44. The van der Waals surface area contributed by atoms with Gasteiger partial charge in [0.2, 0.25) is 11.8 Å². The molecule has 0 radical (unpaired) electrons. The summed E-state index contributed by atoms with van der Waals surface area (Å²) in [6.07, 6.45) is 8.31. The fraction of sp³-hybridized carbons (Fsp3) is 0.478. The highest BCUT2D eigenvalue weighted by Crippen LogP contribution is 2.23. The highest BCUT2D eigenvalue weighted by atomic mass is 35.5. The molecule has 1 saturated heterocycles. The Morgan fingerprint density at radius 2 is 2.03 bits per heavy atom. The van der Waals surface area contributed by atoms with Gasteiger partial charge in [-0.25, -0.2) is 4.98 Å². The summed E-state index contributed by atoms with van der Waals surface area (Å²) in [6, 6.07) is 3.73. The first-order valence-electron chi connectivity index (χ1n) is 10.8. The zero-order valence-corrected chi connectivity index (χ0v) is 19.2. The molecule has 166 valence electrons. The van der Waals surface area contributed by atoms with Crippen LogP contribution in [0.2, 0.25) is 5.15 Å². The molecule has 0 spiro atoms. The Balaban J connectivity index is 1.53. The Morgan fingerprint density at radius 1 is 1.29 bits per heavy atom. The van der Waals surface area contributed by atoms with Gasteiger partial charge in [-0.1, -0.05) is 24.9 Å². The van der Waals surface area contributed by atoms with E-state index in [9.17, 15) is 9.59 Å². The van der Waals surface area contributed by atoms with E-state index in [4.69, 9.17) is 11.6 Å². The average molecular weight is 444 g/mol. The van der Waals surface area contributed by atoms with Crippen LogP contribution in [0, 0.1) is 19.8 Å². The molecule has 2 aromatic rings. The van der Waals surface area contributed by atoms with Crippen molar-refractivity contribution in [1.82, 2.24) is 19.7 Å². The van der Waals surface area contributed by atoms with Gasteiger partial charge in [-0.2, -0.15) is 5.10 Å². The van der Waals surface area contributed by atoms with Crippen LogP contribution in [0.15, 0.2) is 24.4 Å². The van der Waals surface area contributed by atoms with Crippen molar-refractivity contribution in [2.45, 2.75) is 53.0 Å². The highest BCUT2D eigenvalue weighted by Gasteiger charge is 2.27. The van der Waals surface area contributed by atoms with Gasteiger partial charge in [-0.3, -0.25) is 14.3 Å². The molecule has 0 bridgehead atoms. The summed E-state index contributed by atoms with van der Waals surface area (Å²) in [5.41, 5.74) is 2.64. The molecule has 31 heavy (non-hydrogen) atoms. The molecule has 0 aliphatic carbocycles. The van der Waals surface area contributed by atoms with E-state index in [0.29, 0.717) is 36.9 Å². The van der Waals surface area contributed by atoms with Gasteiger partial charge >= 0.3 is 0 Å². The first-order valence-corrected chi connectivity index (χ1v) is 11.2. The van der Waals surface area contributed by atoms with E-state index in [1.807, 2.05) is 26.0 Å². The van der Waals surface area contributed by atoms with Crippen molar-refractivity contribution in [2.24, 2.45) is 5.92 Å². The summed E-state index contributed by atoms with van der Waals surface area (Å²) in [5.74, 6) is 0.334. The predicted molar refractivity (Wildman–Crippen MR) is 123 cm³/mol. The van der Waals surface area contributed by atoms with Crippen molar-refractivity contribution < 1.29 is 9.59 Å². The molecule has 2 aromatic heterocycles. The fourth-order valence-corrected chi connectivity index (χ4v) is 3.99. The number of aromatic nitrogens is 3. The van der Waals surface area contributed by atoms with Gasteiger partial charge in [0, 0.05) is 43.4 Å². The van der Waals surface area contributed by atoms with E-state index in [1.165, 1.54) is 0 Å². The number of hydrogen-bond donors (Lipinski definition) is 1. The van der Waals surface area contributed by atoms with Crippen LogP contribution >= 0.6 is 11.6 Å². The number of halogens is 1. The maximum atomic E-state index is 12.6. The second kappa shape index (κ2) is 10.6. The molecule has 0 atom stereocenters. The van der Waals surface area contributed by atoms with Crippen LogP contribution in [0.4, 0.5) is 5.82 Å². The van der Waals surface area contributed by atoms with E-state index >= 15 is 0 Å². The van der Waals surface area contributed by atoms with Gasteiger partial charge in [0.05, 0.1) is 5.69 Å². The topological polar surface area (TPSA) is 80.1 Å². The van der Waals surface area contributed by atoms with E-state index in [2.05, 4.69) is 22.3 Å². The smallest absolute Gasteiger partial charge is 0.246 e. The first kappa shape index (κ1) is 23.0. The number of carbonyl (C=O) groups excluding carboxylic acids is 2. The lowest BCUT2D eigenvalue weighted by Crippen LogP contribution is -2.40. The van der Waals surface area contributed by atoms with Gasteiger partial charge in [0.1, 0.15) is 11.0 Å². The Labute approximate surface area is 188 Å². The monoisotopic (exact) mass is 443 g/mol. The van der Waals surface area contributed by atoms with Crippen molar-refractivity contribution in [3.8, 4) is 0 Å². The quantitative estimate of drug-likeness (QED) is 0.649. The standard InChI is InChI=1S/C23H30ClN5O2/c1-4-5-12-29-22(24)19(17(3)27-29)6-7-21(30)28-13-9-18(10-14-28)23(31)26-20-15-16(2)8-11-25-20/h6-8,11,15,18H,4-5,9-10,12-14H2,1-3H3,(H,25,26,31). The highest BCUT2D eigenvalue weighted by molar-refractivity contribution is 6.31. The number of piperidine rings is 1. The van der Waals surface area contributed by atoms with Crippen molar-refractivity contribution in [3.63, 3.8) is 0 Å². The van der Waals surface area contributed by atoms with Crippen LogP contribution in [0.3, 0.4) is 0 Å². The molecule has 8 heteroatoms. The molecule has 1 fully saturated rings. The largest absolute Gasteiger partial charge is 0.339 e. The number of hydrogen-bond acceptors (Lipinski definition) is 4. The SMILES string of the molecule is CCCCn1nc(C)c(C=CC(=O)N2CCC(C(=O)Nc3cc(C)ccn3)CC2)c1Cl. The van der Waals surface area contributed by atoms with Crippen LogP contribution in [0.5, 0.6) is 0 Å². The lowest BCUT2D eigenvalue weighted by Gasteiger charge is -2.30. The third kappa shape index (κ3) is 5.94. The van der Waals surface area contributed by atoms with Gasteiger partial charge in [0.25, 0.3) is 0 Å². The summed E-state index contributed by atoms with van der Waals surface area (Å²) in [6.45, 7) is 7.84. The molecule has 3 heterocycles. The molecular formula is C23H30ClN5O2. The number of likely N-dealkylation sites (tertiary alicyclic amines) is 1. The number of carbonyl (C=O) groups is 2. The molecule has 0 saturated carbocycles. The Hall–Kier alpha value is -2.67. The Kier molecular flexibility index (Phi) is 7.85. The molecule has 7 nitrogen and oxygen atoms in total. The molecular weight excluding hydrogens is 414 g/mol. The number of rotatable bonds is 7. The lowest BCUT2D eigenvalue weighted by atomic mass is 9.96. The Bertz CT molecular complexity index is 961. The van der Waals surface area contributed by atoms with Crippen LogP contribution in [0.25, 0.3) is 6.08 Å². The molecule has 0 aromatic carbocycles. The normalized spacial score (nSPS) is 14.9. The van der Waals surface area contributed by atoms with Crippen molar-refractivity contribution in [2.75, 3.05) is 18.4 Å². The molecule has 0 unspecified atom stereocenters. The number of nitrogens with one attached hydrogen (secondary N) is 1. The number of anilines is 1.